The topological polar surface area (TPSA) is 113 Å². The fourth-order valence-electron chi connectivity index (χ4n) is 3.92. The highest BCUT2D eigenvalue weighted by Crippen LogP contribution is 2.36. The Labute approximate surface area is 182 Å². The lowest BCUT2D eigenvalue weighted by Gasteiger charge is -2.33. The number of pyridine rings is 1. The first kappa shape index (κ1) is 19.8. The van der Waals surface area contributed by atoms with Crippen LogP contribution in [0.1, 0.15) is 59.1 Å². The molecule has 9 nitrogen and oxygen atoms in total. The number of H-pyrrole nitrogens is 1. The third kappa shape index (κ3) is 3.21. The molecule has 5 heterocycles. The fourth-order valence-corrected chi connectivity index (χ4v) is 4.13. The Morgan fingerprint density at radius 3 is 2.94 bits per heavy atom. The molecule has 4 aromatic heterocycles. The van der Waals surface area contributed by atoms with E-state index in [1.54, 1.807) is 48.8 Å². The minimum Gasteiger partial charge on any atom is -0.432 e. The quantitative estimate of drug-likeness (QED) is 0.506. The summed E-state index contributed by atoms with van der Waals surface area (Å²) in [5.41, 5.74) is 2.22. The van der Waals surface area contributed by atoms with Gasteiger partial charge in [0.15, 0.2) is 0 Å². The van der Waals surface area contributed by atoms with Gasteiger partial charge in [-0.05, 0) is 39.0 Å². The van der Waals surface area contributed by atoms with E-state index in [1.807, 2.05) is 12.1 Å². The van der Waals surface area contributed by atoms with Gasteiger partial charge in [-0.25, -0.2) is 14.5 Å². The Kier molecular flexibility index (Phi) is 4.42. The molecule has 0 unspecified atom stereocenters. The maximum absolute atomic E-state index is 13.6. The number of imidazole rings is 1. The van der Waals surface area contributed by atoms with Crippen molar-refractivity contribution in [1.29, 1.82) is 0 Å². The Bertz CT molecular complexity index is 1300. The number of hydrogen-bond donors (Lipinski definition) is 2. The van der Waals surface area contributed by atoms with Crippen molar-refractivity contribution in [3.63, 3.8) is 0 Å². The fraction of sp³-hybridized carbons (Fsp3) is 0.333. The number of aromatic amines is 1. The number of aromatic nitrogens is 5. The van der Waals surface area contributed by atoms with Crippen molar-refractivity contribution in [3.8, 4) is 0 Å². The Morgan fingerprint density at radius 1 is 1.42 bits per heavy atom. The summed E-state index contributed by atoms with van der Waals surface area (Å²) in [6.45, 7) is 5.26. The third-order valence-electron chi connectivity index (χ3n) is 5.45. The molecule has 160 valence electrons. The Hall–Kier alpha value is -3.17. The van der Waals surface area contributed by atoms with Gasteiger partial charge in [0.05, 0.1) is 33.9 Å². The molecule has 0 saturated carbocycles. The molecular formula is C21H21ClN6O3. The second kappa shape index (κ2) is 6.93. The van der Waals surface area contributed by atoms with Crippen molar-refractivity contribution in [2.24, 2.45) is 0 Å². The second-order valence-corrected chi connectivity index (χ2v) is 8.57. The molecule has 0 fully saturated rings. The average molecular weight is 441 g/mol. The molecule has 1 atom stereocenters. The lowest BCUT2D eigenvalue weighted by molar-refractivity contribution is 0.0440. The summed E-state index contributed by atoms with van der Waals surface area (Å²) in [5, 5.41) is 15.5. The average Bonchev–Trinajstić information content (AvgIpc) is 3.44. The molecule has 0 saturated heterocycles. The van der Waals surface area contributed by atoms with Crippen LogP contribution in [0.2, 0.25) is 5.02 Å². The van der Waals surface area contributed by atoms with E-state index < -0.39 is 11.6 Å². The van der Waals surface area contributed by atoms with Gasteiger partial charge in [-0.3, -0.25) is 4.79 Å². The van der Waals surface area contributed by atoms with Crippen molar-refractivity contribution in [2.45, 2.75) is 38.8 Å². The van der Waals surface area contributed by atoms with E-state index in [9.17, 15) is 9.90 Å². The molecule has 0 spiro atoms. The minimum absolute atomic E-state index is 0.0990. The van der Waals surface area contributed by atoms with E-state index in [1.165, 1.54) is 0 Å². The molecule has 1 amide bonds. The number of halogens is 1. The van der Waals surface area contributed by atoms with Crippen LogP contribution < -0.4 is 0 Å². The largest absolute Gasteiger partial charge is 0.432 e. The van der Waals surface area contributed by atoms with Crippen molar-refractivity contribution in [2.75, 3.05) is 6.54 Å². The lowest BCUT2D eigenvalue weighted by atomic mass is 9.99. The highest BCUT2D eigenvalue weighted by atomic mass is 35.5. The zero-order valence-corrected chi connectivity index (χ0v) is 18.0. The third-order valence-corrected chi connectivity index (χ3v) is 5.77. The number of carbonyl (C=O) groups excluding carboxylic acids is 1. The van der Waals surface area contributed by atoms with Crippen LogP contribution in [0.4, 0.5) is 0 Å². The molecule has 31 heavy (non-hydrogen) atoms. The number of fused-ring (bicyclic) bond motifs is 2. The van der Waals surface area contributed by atoms with Gasteiger partial charge >= 0.3 is 0 Å². The van der Waals surface area contributed by atoms with Gasteiger partial charge in [0.25, 0.3) is 5.91 Å². The molecule has 0 bridgehead atoms. The number of rotatable bonds is 3. The first-order valence-corrected chi connectivity index (χ1v) is 10.3. The molecule has 10 heteroatoms. The first-order chi connectivity index (χ1) is 14.7. The van der Waals surface area contributed by atoms with Gasteiger partial charge in [-0.2, -0.15) is 5.10 Å². The number of aliphatic hydroxyl groups is 1. The van der Waals surface area contributed by atoms with Crippen LogP contribution in [0.15, 0.2) is 35.1 Å². The SMILES string of the molecule is Cc1nc(C(C)(C)O)oc1C(=O)N1CCc2[nH]cnc2[C@H]1c1cc2c(Cl)cccn2n1. The van der Waals surface area contributed by atoms with E-state index in [4.69, 9.17) is 16.0 Å². The zero-order valence-electron chi connectivity index (χ0n) is 17.3. The smallest absolute Gasteiger partial charge is 0.292 e. The maximum Gasteiger partial charge on any atom is 0.292 e. The molecule has 0 aromatic carbocycles. The predicted molar refractivity (Wildman–Crippen MR) is 112 cm³/mol. The van der Waals surface area contributed by atoms with Crippen molar-refractivity contribution < 1.29 is 14.3 Å². The van der Waals surface area contributed by atoms with Crippen LogP contribution in [0.25, 0.3) is 5.52 Å². The monoisotopic (exact) mass is 440 g/mol. The van der Waals surface area contributed by atoms with Crippen LogP contribution in [-0.4, -0.2) is 47.0 Å². The molecule has 2 N–H and O–H groups in total. The van der Waals surface area contributed by atoms with E-state index in [0.717, 1.165) is 16.9 Å². The number of nitrogens with one attached hydrogen (secondary N) is 1. The molecular weight excluding hydrogens is 420 g/mol. The van der Waals surface area contributed by atoms with Gasteiger partial charge in [-0.15, -0.1) is 0 Å². The number of amides is 1. The Balaban J connectivity index is 1.61. The van der Waals surface area contributed by atoms with Crippen molar-refractivity contribution in [3.05, 3.63) is 70.2 Å². The molecule has 0 aliphatic carbocycles. The number of carbonyl (C=O) groups is 1. The van der Waals surface area contributed by atoms with Gasteiger partial charge < -0.3 is 19.4 Å². The summed E-state index contributed by atoms with van der Waals surface area (Å²) in [5.74, 6) is -0.132. The first-order valence-electron chi connectivity index (χ1n) is 9.91. The highest BCUT2D eigenvalue weighted by molar-refractivity contribution is 6.33. The van der Waals surface area contributed by atoms with Gasteiger partial charge in [0.1, 0.15) is 11.6 Å². The number of nitrogens with zero attached hydrogens (tertiary/aromatic N) is 5. The van der Waals surface area contributed by atoms with Gasteiger partial charge in [0, 0.05) is 24.9 Å². The van der Waals surface area contributed by atoms with Crippen molar-refractivity contribution >= 4 is 23.0 Å². The summed E-state index contributed by atoms with van der Waals surface area (Å²) in [6.07, 6.45) is 4.05. The summed E-state index contributed by atoms with van der Waals surface area (Å²) in [7, 11) is 0. The van der Waals surface area contributed by atoms with Crippen LogP contribution in [0.3, 0.4) is 0 Å². The summed E-state index contributed by atoms with van der Waals surface area (Å²) in [6, 6.07) is 4.95. The molecule has 5 rings (SSSR count). The van der Waals surface area contributed by atoms with Crippen LogP contribution >= 0.6 is 11.6 Å². The van der Waals surface area contributed by atoms with Crippen molar-refractivity contribution in [1.82, 2.24) is 29.5 Å². The maximum atomic E-state index is 13.6. The van der Waals surface area contributed by atoms with E-state index in [0.29, 0.717) is 29.4 Å². The highest BCUT2D eigenvalue weighted by Gasteiger charge is 2.39. The van der Waals surface area contributed by atoms with Crippen LogP contribution in [0.5, 0.6) is 0 Å². The van der Waals surface area contributed by atoms with E-state index in [-0.39, 0.29) is 17.6 Å². The van der Waals surface area contributed by atoms with E-state index >= 15 is 0 Å². The molecule has 0 radical (unpaired) electrons. The van der Waals surface area contributed by atoms with E-state index in [2.05, 4.69) is 20.1 Å². The summed E-state index contributed by atoms with van der Waals surface area (Å²) < 4.78 is 7.39. The molecule has 1 aliphatic heterocycles. The van der Waals surface area contributed by atoms with Crippen LogP contribution in [-0.2, 0) is 12.0 Å². The number of hydrogen-bond acceptors (Lipinski definition) is 6. The number of aryl methyl sites for hydroxylation is 1. The lowest BCUT2D eigenvalue weighted by Crippen LogP contribution is -2.41. The summed E-state index contributed by atoms with van der Waals surface area (Å²) >= 11 is 6.34. The van der Waals surface area contributed by atoms with Gasteiger partial charge in [0.2, 0.25) is 11.7 Å². The number of oxazole rings is 1. The zero-order chi connectivity index (χ0) is 21.9. The normalized spacial score (nSPS) is 16.7. The summed E-state index contributed by atoms with van der Waals surface area (Å²) in [4.78, 5) is 27.1. The molecule has 4 aromatic rings. The second-order valence-electron chi connectivity index (χ2n) is 8.17. The van der Waals surface area contributed by atoms with Gasteiger partial charge in [-0.1, -0.05) is 11.6 Å². The van der Waals surface area contributed by atoms with Crippen LogP contribution in [0, 0.1) is 6.92 Å². The predicted octanol–water partition coefficient (Wildman–Crippen LogP) is 3.02. The Morgan fingerprint density at radius 2 is 2.23 bits per heavy atom. The standard InChI is InChI=1S/C21H21ClN6O3/c1-11-18(31-20(25-11)21(2,3)30)19(29)27-8-6-13-16(24-10-23-13)17(27)14-9-15-12(22)5-4-7-28(15)26-14/h4-5,7,9-10,17,30H,6,8H2,1-3H3,(H,23,24)/t17-/m1/s1. The molecule has 1 aliphatic rings. The minimum atomic E-state index is -1.29.